The average Bonchev–Trinajstić information content (AvgIpc) is 3.59. The predicted octanol–water partition coefficient (Wildman–Crippen LogP) is 2.61. The molecule has 6 rings (SSSR count). The van der Waals surface area contributed by atoms with Crippen molar-refractivity contribution in [1.82, 2.24) is 39.9 Å². The number of halogens is 3. The van der Waals surface area contributed by atoms with E-state index in [-0.39, 0.29) is 47.8 Å². The molecule has 4 aromatic rings. The standard InChI is InChI=1S/C32H35F3N8O4/c1-46-29-24(30(47-2)36-15-25(29)43-31(32(33,34)35)37-38-39-43)18-40-16-23-17-41(27(45)20-44)13-14-42(23)26(19-40)28(21-9-5-3-6-10-21)22-11-7-4-8-12-22/h3-12,15,23,26,28,44H,13-14,16-20H2,1-2H3/t23-,26+/m1/s1. The van der Waals surface area contributed by atoms with Crippen molar-refractivity contribution in [3.63, 3.8) is 0 Å². The van der Waals surface area contributed by atoms with Crippen molar-refractivity contribution in [1.29, 1.82) is 0 Å². The zero-order chi connectivity index (χ0) is 33.1. The van der Waals surface area contributed by atoms with Crippen LogP contribution in [0.2, 0.25) is 0 Å². The number of carbonyl (C=O) groups excluding carboxylic acids is 1. The highest BCUT2D eigenvalue weighted by molar-refractivity contribution is 5.77. The molecule has 2 aromatic heterocycles. The lowest BCUT2D eigenvalue weighted by Gasteiger charge is -2.53. The van der Waals surface area contributed by atoms with Gasteiger partial charge in [0.25, 0.3) is 5.82 Å². The van der Waals surface area contributed by atoms with Gasteiger partial charge in [-0.2, -0.15) is 17.9 Å². The number of aliphatic hydroxyl groups is 1. The first-order chi connectivity index (χ1) is 22.7. The fourth-order valence-electron chi connectivity index (χ4n) is 6.87. The maximum absolute atomic E-state index is 13.8. The van der Waals surface area contributed by atoms with E-state index in [9.17, 15) is 23.1 Å². The number of amides is 1. The number of aliphatic hydroxyl groups excluding tert-OH is 1. The molecule has 0 aliphatic carbocycles. The van der Waals surface area contributed by atoms with Gasteiger partial charge >= 0.3 is 6.18 Å². The van der Waals surface area contributed by atoms with E-state index in [1.54, 1.807) is 4.90 Å². The summed E-state index contributed by atoms with van der Waals surface area (Å²) in [5, 5.41) is 19.6. The summed E-state index contributed by atoms with van der Waals surface area (Å²) in [5.41, 5.74) is 2.61. The first-order valence-corrected chi connectivity index (χ1v) is 15.2. The third-order valence-electron chi connectivity index (χ3n) is 8.86. The number of tetrazole rings is 1. The van der Waals surface area contributed by atoms with E-state index < -0.39 is 18.6 Å². The number of methoxy groups -OCH3 is 2. The first-order valence-electron chi connectivity index (χ1n) is 15.2. The summed E-state index contributed by atoms with van der Waals surface area (Å²) in [7, 11) is 2.80. The van der Waals surface area contributed by atoms with Gasteiger partial charge in [0.15, 0.2) is 5.75 Å². The van der Waals surface area contributed by atoms with Crippen molar-refractivity contribution in [2.24, 2.45) is 0 Å². The number of aromatic nitrogens is 5. The summed E-state index contributed by atoms with van der Waals surface area (Å²) < 4.78 is 53.2. The lowest BCUT2D eigenvalue weighted by atomic mass is 9.81. The summed E-state index contributed by atoms with van der Waals surface area (Å²) in [4.78, 5) is 23.2. The maximum atomic E-state index is 13.8. The molecular formula is C32H35F3N8O4. The van der Waals surface area contributed by atoms with Crippen LogP contribution in [-0.2, 0) is 17.5 Å². The molecule has 2 atom stereocenters. The topological polar surface area (TPSA) is 122 Å². The summed E-state index contributed by atoms with van der Waals surface area (Å²) in [6.07, 6.45) is -3.63. The third kappa shape index (κ3) is 6.50. The number of hydrogen-bond acceptors (Lipinski definition) is 10. The molecule has 0 unspecified atom stereocenters. The largest absolute Gasteiger partial charge is 0.494 e. The highest BCUT2D eigenvalue weighted by atomic mass is 19.4. The van der Waals surface area contributed by atoms with Crippen molar-refractivity contribution < 1.29 is 32.5 Å². The van der Waals surface area contributed by atoms with Crippen LogP contribution in [0.3, 0.4) is 0 Å². The van der Waals surface area contributed by atoms with Gasteiger partial charge in [-0.3, -0.25) is 14.6 Å². The van der Waals surface area contributed by atoms with E-state index in [0.717, 1.165) is 11.1 Å². The van der Waals surface area contributed by atoms with E-state index >= 15 is 0 Å². The van der Waals surface area contributed by atoms with Gasteiger partial charge in [-0.25, -0.2) is 4.98 Å². The second-order valence-corrected chi connectivity index (χ2v) is 11.5. The number of rotatable bonds is 9. The molecule has 2 aliphatic heterocycles. The molecule has 4 heterocycles. The predicted molar refractivity (Wildman–Crippen MR) is 163 cm³/mol. The van der Waals surface area contributed by atoms with Crippen LogP contribution in [-0.4, -0.2) is 117 Å². The number of benzene rings is 2. The summed E-state index contributed by atoms with van der Waals surface area (Å²) in [6, 6.07) is 20.3. The summed E-state index contributed by atoms with van der Waals surface area (Å²) >= 11 is 0. The SMILES string of the molecule is COc1ncc(-n2nnnc2C(F)(F)F)c(OC)c1CN1C[C@@H]2CN(C(=O)CO)CCN2[C@H](C(c2ccccc2)c2ccccc2)C1. The molecule has 15 heteroatoms. The molecule has 47 heavy (non-hydrogen) atoms. The van der Waals surface area contributed by atoms with Crippen LogP contribution in [0, 0.1) is 0 Å². The maximum Gasteiger partial charge on any atom is 0.453 e. The Hall–Kier alpha value is -4.60. The van der Waals surface area contributed by atoms with Crippen LogP contribution >= 0.6 is 0 Å². The Kier molecular flexibility index (Phi) is 9.38. The minimum absolute atomic E-state index is 0.0355. The van der Waals surface area contributed by atoms with Gasteiger partial charge in [0, 0.05) is 57.3 Å². The summed E-state index contributed by atoms with van der Waals surface area (Å²) in [6.45, 7) is 2.26. The molecule has 1 N–H and O–H groups in total. The molecule has 0 bridgehead atoms. The Morgan fingerprint density at radius 2 is 1.66 bits per heavy atom. The van der Waals surface area contributed by atoms with Crippen molar-refractivity contribution in [2.75, 3.05) is 53.6 Å². The van der Waals surface area contributed by atoms with Crippen LogP contribution in [0.15, 0.2) is 66.9 Å². The number of piperazine rings is 2. The van der Waals surface area contributed by atoms with Crippen LogP contribution in [0.25, 0.3) is 5.69 Å². The minimum atomic E-state index is -4.82. The Labute approximate surface area is 269 Å². The Morgan fingerprint density at radius 1 is 0.979 bits per heavy atom. The number of alkyl halides is 3. The van der Waals surface area contributed by atoms with Crippen LogP contribution in [0.1, 0.15) is 28.4 Å². The van der Waals surface area contributed by atoms with Crippen molar-refractivity contribution in [2.45, 2.75) is 30.7 Å². The van der Waals surface area contributed by atoms with Crippen molar-refractivity contribution >= 4 is 5.91 Å². The van der Waals surface area contributed by atoms with Gasteiger partial charge in [-0.1, -0.05) is 60.7 Å². The molecule has 248 valence electrons. The van der Waals surface area contributed by atoms with E-state index in [1.165, 1.54) is 20.4 Å². The second-order valence-electron chi connectivity index (χ2n) is 11.5. The number of carbonyl (C=O) groups is 1. The van der Waals surface area contributed by atoms with Gasteiger partial charge in [0.05, 0.1) is 26.0 Å². The zero-order valence-electron chi connectivity index (χ0n) is 25.9. The van der Waals surface area contributed by atoms with Gasteiger partial charge in [0.1, 0.15) is 12.3 Å². The Morgan fingerprint density at radius 3 is 2.26 bits per heavy atom. The van der Waals surface area contributed by atoms with Gasteiger partial charge in [0.2, 0.25) is 11.8 Å². The number of ether oxygens (including phenoxy) is 2. The number of pyridine rings is 1. The van der Waals surface area contributed by atoms with Gasteiger partial charge < -0.3 is 19.5 Å². The highest BCUT2D eigenvalue weighted by Gasteiger charge is 2.44. The van der Waals surface area contributed by atoms with Crippen molar-refractivity contribution in [3.8, 4) is 17.3 Å². The zero-order valence-corrected chi connectivity index (χ0v) is 25.9. The second kappa shape index (κ2) is 13.6. The molecule has 2 aliphatic rings. The van der Waals surface area contributed by atoms with Crippen molar-refractivity contribution in [3.05, 3.63) is 89.4 Å². The summed E-state index contributed by atoms with van der Waals surface area (Å²) in [5.74, 6) is -1.40. The van der Waals surface area contributed by atoms with E-state index in [2.05, 4.69) is 54.6 Å². The fourth-order valence-corrected chi connectivity index (χ4v) is 6.87. The fraction of sp³-hybridized carbons (Fsp3) is 0.406. The third-order valence-corrected chi connectivity index (χ3v) is 8.86. The molecule has 1 amide bonds. The monoisotopic (exact) mass is 652 g/mol. The number of fused-ring (bicyclic) bond motifs is 1. The lowest BCUT2D eigenvalue weighted by molar-refractivity contribution is -0.146. The molecule has 2 fully saturated rings. The van der Waals surface area contributed by atoms with E-state index in [1.807, 2.05) is 36.4 Å². The minimum Gasteiger partial charge on any atom is -0.494 e. The van der Waals surface area contributed by atoms with Gasteiger partial charge in [-0.15, -0.1) is 5.10 Å². The lowest BCUT2D eigenvalue weighted by Crippen LogP contribution is -2.67. The molecule has 0 saturated carbocycles. The quantitative estimate of drug-likeness (QED) is 0.289. The molecule has 0 radical (unpaired) electrons. The first kappa shape index (κ1) is 32.3. The van der Waals surface area contributed by atoms with Crippen LogP contribution in [0.5, 0.6) is 11.6 Å². The smallest absolute Gasteiger partial charge is 0.453 e. The number of nitrogens with zero attached hydrogens (tertiary/aromatic N) is 8. The van der Waals surface area contributed by atoms with E-state index in [0.29, 0.717) is 43.0 Å². The molecule has 2 aromatic carbocycles. The van der Waals surface area contributed by atoms with E-state index in [4.69, 9.17) is 9.47 Å². The molecular weight excluding hydrogens is 617 g/mol. The van der Waals surface area contributed by atoms with Crippen LogP contribution < -0.4 is 9.47 Å². The van der Waals surface area contributed by atoms with Crippen LogP contribution in [0.4, 0.5) is 13.2 Å². The Bertz CT molecular complexity index is 1630. The van der Waals surface area contributed by atoms with Gasteiger partial charge in [-0.05, 0) is 21.6 Å². The number of hydrogen-bond donors (Lipinski definition) is 1. The molecule has 2 saturated heterocycles. The highest BCUT2D eigenvalue weighted by Crippen LogP contribution is 2.39. The molecule has 0 spiro atoms. The Balaban J connectivity index is 1.42. The molecule has 12 nitrogen and oxygen atoms in total. The average molecular weight is 653 g/mol. The normalized spacial score (nSPS) is 19.1.